The largest absolute Gasteiger partial charge is 0.355 e. The second-order valence-electron chi connectivity index (χ2n) is 9.96. The molecule has 2 atom stereocenters. The molecule has 1 aromatic carbocycles. The monoisotopic (exact) mass is 515 g/mol. The number of hydrogen-bond donors (Lipinski definition) is 3. The van der Waals surface area contributed by atoms with E-state index in [-0.39, 0.29) is 23.2 Å². The molecule has 202 valence electrons. The van der Waals surface area contributed by atoms with E-state index in [1.807, 2.05) is 24.3 Å². The van der Waals surface area contributed by atoms with Crippen molar-refractivity contribution >= 4 is 29.3 Å². The number of allylic oxidation sites excluding steroid dienone is 2. The van der Waals surface area contributed by atoms with Crippen LogP contribution in [-0.4, -0.2) is 30.2 Å². The van der Waals surface area contributed by atoms with Crippen LogP contribution in [0.25, 0.3) is 0 Å². The number of benzene rings is 1. The molecule has 1 aromatic rings. The molecular formula is C30H49N3O2S. The highest BCUT2D eigenvalue weighted by molar-refractivity contribution is 7.99. The summed E-state index contributed by atoms with van der Waals surface area (Å²) < 4.78 is 0. The summed E-state index contributed by atoms with van der Waals surface area (Å²) in [6, 6.07) is 7.66. The van der Waals surface area contributed by atoms with Crippen molar-refractivity contribution < 1.29 is 9.59 Å². The fraction of sp³-hybridized carbons (Fsp3) is 0.667. The average molecular weight is 516 g/mol. The van der Waals surface area contributed by atoms with Gasteiger partial charge in [0.1, 0.15) is 0 Å². The third kappa shape index (κ3) is 13.5. The predicted octanol–water partition coefficient (Wildman–Crippen LogP) is 7.50. The Morgan fingerprint density at radius 1 is 0.889 bits per heavy atom. The van der Waals surface area contributed by atoms with Crippen LogP contribution in [-0.2, 0) is 9.59 Å². The summed E-state index contributed by atoms with van der Waals surface area (Å²) in [5, 5.41) is 9.42. The summed E-state index contributed by atoms with van der Waals surface area (Å²) >= 11 is 1.75. The van der Waals surface area contributed by atoms with Gasteiger partial charge in [0.2, 0.25) is 11.8 Å². The van der Waals surface area contributed by atoms with Gasteiger partial charge in [0.25, 0.3) is 0 Å². The van der Waals surface area contributed by atoms with E-state index in [2.05, 4.69) is 35.0 Å². The second kappa shape index (κ2) is 19.3. The summed E-state index contributed by atoms with van der Waals surface area (Å²) in [5.74, 6) is 0.802. The first-order valence-corrected chi connectivity index (χ1v) is 15.3. The Hall–Kier alpha value is -1.79. The maximum absolute atomic E-state index is 12.5. The number of unbranched alkanes of at least 4 members (excludes halogenated alkanes) is 12. The molecule has 0 aromatic heterocycles. The Labute approximate surface area is 224 Å². The van der Waals surface area contributed by atoms with Gasteiger partial charge < -0.3 is 10.6 Å². The number of amides is 2. The van der Waals surface area contributed by atoms with Gasteiger partial charge in [-0.05, 0) is 49.8 Å². The molecule has 0 radical (unpaired) electrons. The van der Waals surface area contributed by atoms with E-state index >= 15 is 0 Å². The fourth-order valence-electron chi connectivity index (χ4n) is 4.47. The smallest absolute Gasteiger partial charge is 0.238 e. The third-order valence-electron chi connectivity index (χ3n) is 6.62. The number of thioether (sulfide) groups is 1. The molecule has 36 heavy (non-hydrogen) atoms. The second-order valence-corrected chi connectivity index (χ2v) is 11.1. The van der Waals surface area contributed by atoms with Crippen molar-refractivity contribution in [2.75, 3.05) is 17.6 Å². The van der Waals surface area contributed by atoms with E-state index in [0.29, 0.717) is 0 Å². The van der Waals surface area contributed by atoms with Crippen LogP contribution < -0.4 is 16.0 Å². The molecule has 0 saturated carbocycles. The Kier molecular flexibility index (Phi) is 16.3. The highest BCUT2D eigenvalue weighted by atomic mass is 32.2. The van der Waals surface area contributed by atoms with Gasteiger partial charge in [0, 0.05) is 24.9 Å². The Balaban J connectivity index is 1.42. The van der Waals surface area contributed by atoms with E-state index in [0.717, 1.165) is 30.0 Å². The van der Waals surface area contributed by atoms with Crippen LogP contribution in [0, 0.1) is 0 Å². The minimum atomic E-state index is -0.150. The summed E-state index contributed by atoms with van der Waals surface area (Å²) in [7, 11) is 0. The lowest BCUT2D eigenvalue weighted by atomic mass is 10.1. The lowest BCUT2D eigenvalue weighted by molar-refractivity contribution is -0.122. The molecule has 1 heterocycles. The highest BCUT2D eigenvalue weighted by Gasteiger charge is 2.30. The first-order chi connectivity index (χ1) is 17.6. The first-order valence-electron chi connectivity index (χ1n) is 14.3. The van der Waals surface area contributed by atoms with Crippen LogP contribution in [0.4, 0.5) is 5.69 Å². The molecule has 0 aliphatic carbocycles. The van der Waals surface area contributed by atoms with Gasteiger partial charge in [-0.15, -0.1) is 11.8 Å². The Morgan fingerprint density at radius 3 is 2.08 bits per heavy atom. The molecule has 0 bridgehead atoms. The predicted molar refractivity (Wildman–Crippen MR) is 155 cm³/mol. The maximum Gasteiger partial charge on any atom is 0.238 e. The Bertz CT molecular complexity index is 766. The first kappa shape index (κ1) is 30.4. The summed E-state index contributed by atoms with van der Waals surface area (Å²) in [5.41, 5.74) is 1.91. The molecule has 2 amide bonds. The van der Waals surface area contributed by atoms with Gasteiger partial charge in [-0.25, -0.2) is 0 Å². The van der Waals surface area contributed by atoms with Crippen molar-refractivity contribution in [1.82, 2.24) is 10.6 Å². The number of rotatable bonds is 19. The SMILES string of the molecule is CCCCCCCCC/C=C\CCCCCCCNC(=O)[C@@H]1CSC(c2ccc(NC(C)=O)cc2)N1. The summed E-state index contributed by atoms with van der Waals surface area (Å²) in [6.07, 6.45) is 22.9. The molecule has 5 nitrogen and oxygen atoms in total. The summed E-state index contributed by atoms with van der Waals surface area (Å²) in [4.78, 5) is 23.7. The van der Waals surface area contributed by atoms with Crippen LogP contribution in [0.15, 0.2) is 36.4 Å². The minimum absolute atomic E-state index is 0.0747. The molecule has 0 spiro atoms. The van der Waals surface area contributed by atoms with Crippen LogP contribution in [0.2, 0.25) is 0 Å². The van der Waals surface area contributed by atoms with Gasteiger partial charge >= 0.3 is 0 Å². The van der Waals surface area contributed by atoms with E-state index in [9.17, 15) is 9.59 Å². The molecule has 1 fully saturated rings. The molecule has 2 rings (SSSR count). The third-order valence-corrected chi connectivity index (χ3v) is 7.89. The van der Waals surface area contributed by atoms with Crippen LogP contribution in [0.5, 0.6) is 0 Å². The van der Waals surface area contributed by atoms with Crippen LogP contribution >= 0.6 is 11.8 Å². The Morgan fingerprint density at radius 2 is 1.47 bits per heavy atom. The lowest BCUT2D eigenvalue weighted by Gasteiger charge is -2.14. The van der Waals surface area contributed by atoms with Crippen LogP contribution in [0.3, 0.4) is 0 Å². The van der Waals surface area contributed by atoms with Gasteiger partial charge in [-0.1, -0.05) is 89.0 Å². The molecule has 6 heteroatoms. The van der Waals surface area contributed by atoms with Crippen molar-refractivity contribution in [1.29, 1.82) is 0 Å². The number of carbonyl (C=O) groups excluding carboxylic acids is 2. The number of anilines is 1. The number of nitrogens with one attached hydrogen (secondary N) is 3. The van der Waals surface area contributed by atoms with Gasteiger partial charge in [0.05, 0.1) is 11.4 Å². The van der Waals surface area contributed by atoms with E-state index in [1.165, 1.54) is 90.4 Å². The van der Waals surface area contributed by atoms with Crippen molar-refractivity contribution in [3.8, 4) is 0 Å². The van der Waals surface area contributed by atoms with Gasteiger partial charge in [0.15, 0.2) is 0 Å². The quantitative estimate of drug-likeness (QED) is 0.132. The van der Waals surface area contributed by atoms with Crippen molar-refractivity contribution in [3.63, 3.8) is 0 Å². The molecule has 3 N–H and O–H groups in total. The normalized spacial score (nSPS) is 17.5. The minimum Gasteiger partial charge on any atom is -0.355 e. The fourth-order valence-corrected chi connectivity index (χ4v) is 5.71. The summed E-state index contributed by atoms with van der Waals surface area (Å²) in [6.45, 7) is 4.54. The molecular weight excluding hydrogens is 466 g/mol. The molecule has 1 unspecified atom stereocenters. The van der Waals surface area contributed by atoms with Gasteiger partial charge in [-0.3, -0.25) is 14.9 Å². The molecule has 1 aliphatic rings. The van der Waals surface area contributed by atoms with E-state index in [1.54, 1.807) is 11.8 Å². The zero-order chi connectivity index (χ0) is 25.8. The molecule has 1 saturated heterocycles. The molecule has 1 aliphatic heterocycles. The zero-order valence-electron chi connectivity index (χ0n) is 22.7. The zero-order valence-corrected chi connectivity index (χ0v) is 23.5. The van der Waals surface area contributed by atoms with Crippen molar-refractivity contribution in [2.45, 2.75) is 115 Å². The van der Waals surface area contributed by atoms with Crippen LogP contribution in [0.1, 0.15) is 115 Å². The van der Waals surface area contributed by atoms with Crippen molar-refractivity contribution in [2.24, 2.45) is 0 Å². The van der Waals surface area contributed by atoms with E-state index in [4.69, 9.17) is 0 Å². The standard InChI is InChI=1S/C30H49N3O2S/c1-3-4-5-6-7-8-9-10-11-12-13-14-15-16-17-18-23-31-29(35)28-24-36-30(33-28)26-19-21-27(22-20-26)32-25(2)34/h11-12,19-22,28,30,33H,3-10,13-18,23-24H2,1-2H3,(H,31,35)(H,32,34)/b12-11-/t28-,30?/m0/s1. The average Bonchev–Trinajstić information content (AvgIpc) is 3.36. The highest BCUT2D eigenvalue weighted by Crippen LogP contribution is 2.33. The maximum atomic E-state index is 12.5. The topological polar surface area (TPSA) is 70.2 Å². The number of carbonyl (C=O) groups is 2. The van der Waals surface area contributed by atoms with Crippen molar-refractivity contribution in [3.05, 3.63) is 42.0 Å². The van der Waals surface area contributed by atoms with Gasteiger partial charge in [-0.2, -0.15) is 0 Å². The number of hydrogen-bond acceptors (Lipinski definition) is 4. The lowest BCUT2D eigenvalue weighted by Crippen LogP contribution is -2.42. The van der Waals surface area contributed by atoms with E-state index < -0.39 is 0 Å².